The molecule has 0 aliphatic heterocycles. The van der Waals surface area contributed by atoms with E-state index in [1.807, 2.05) is 0 Å². The van der Waals surface area contributed by atoms with Crippen molar-refractivity contribution in [3.63, 3.8) is 0 Å². The number of carbonyl (C=O) groups is 1. The average Bonchev–Trinajstić information content (AvgIpc) is 3.28. The second-order valence-corrected chi connectivity index (χ2v) is 14.7. The molecule has 0 fully saturated rings. The molecule has 0 saturated carbocycles. The van der Waals surface area contributed by atoms with Gasteiger partial charge in [-0.25, -0.2) is 0 Å². The van der Waals surface area contributed by atoms with Gasteiger partial charge in [0.2, 0.25) is 0 Å². The fourth-order valence-electron chi connectivity index (χ4n) is 5.71. The summed E-state index contributed by atoms with van der Waals surface area (Å²) in [4.78, 5) is 12.0. The van der Waals surface area contributed by atoms with Crippen molar-refractivity contribution in [2.75, 3.05) is 165 Å². The Morgan fingerprint density at radius 2 is 0.694 bits per heavy atom. The summed E-state index contributed by atoms with van der Waals surface area (Å²) in [6.45, 7) is 10.7. The fraction of sp³-hybridized carbons (Fsp3) is 0.978. The molecular formula is C45H90O17. The maximum Gasteiger partial charge on any atom is 0.305 e. The molecule has 0 radical (unpaired) electrons. The van der Waals surface area contributed by atoms with Crippen molar-refractivity contribution in [1.29, 1.82) is 0 Å². The molecule has 0 aliphatic rings. The first-order chi connectivity index (χ1) is 30.6. The Bertz CT molecular complexity index is 846. The monoisotopic (exact) mass is 903 g/mol. The van der Waals surface area contributed by atoms with E-state index < -0.39 is 12.4 Å². The third-order valence-electron chi connectivity index (χ3n) is 9.16. The van der Waals surface area contributed by atoms with Crippen molar-refractivity contribution < 1.29 is 81.7 Å². The molecule has 0 aromatic carbocycles. The van der Waals surface area contributed by atoms with Gasteiger partial charge in [-0.2, -0.15) is 0 Å². The number of carbonyl (C=O) groups excluding carboxylic acids is 1. The first-order valence-electron chi connectivity index (χ1n) is 23.7. The molecular weight excluding hydrogens is 812 g/mol. The lowest BCUT2D eigenvalue weighted by molar-refractivity contribution is -0.186. The molecule has 2 atom stereocenters. The van der Waals surface area contributed by atoms with E-state index in [0.29, 0.717) is 132 Å². The summed E-state index contributed by atoms with van der Waals surface area (Å²) in [5, 5.41) is 28.2. The van der Waals surface area contributed by atoms with Gasteiger partial charge in [0.05, 0.1) is 159 Å². The van der Waals surface area contributed by atoms with Gasteiger partial charge >= 0.3 is 5.97 Å². The van der Waals surface area contributed by atoms with E-state index in [4.69, 9.17) is 66.7 Å². The van der Waals surface area contributed by atoms with E-state index >= 15 is 0 Å². The van der Waals surface area contributed by atoms with E-state index in [2.05, 4.69) is 6.92 Å². The lowest BCUT2D eigenvalue weighted by Gasteiger charge is -2.18. The number of aliphatic hydroxyl groups is 3. The van der Waals surface area contributed by atoms with Crippen LogP contribution in [0.2, 0.25) is 0 Å². The number of unbranched alkanes of at least 4 members (excludes halogenated alkanes) is 14. The highest BCUT2D eigenvalue weighted by molar-refractivity contribution is 5.69. The Balaban J connectivity index is 3.35. The lowest BCUT2D eigenvalue weighted by atomic mass is 10.0. The smallest absolute Gasteiger partial charge is 0.305 e. The zero-order chi connectivity index (χ0) is 44.9. The standard InChI is InChI=1S/C45H90O17/c1-2-3-4-5-6-7-8-9-10-11-12-13-14-15-16-17-44(49)61-41-43(48)42-62-45(40-47)60-39-38-59-37-36-58-35-34-57-33-32-56-31-30-55-29-28-54-27-26-53-25-24-52-23-22-51-21-20-50-19-18-46/h43,45-48H,2-42H2,1H3. The molecule has 372 valence electrons. The number of esters is 1. The van der Waals surface area contributed by atoms with E-state index in [-0.39, 0.29) is 45.6 Å². The molecule has 3 N–H and O–H groups in total. The van der Waals surface area contributed by atoms with Gasteiger partial charge in [0.1, 0.15) is 12.7 Å². The lowest BCUT2D eigenvalue weighted by Crippen LogP contribution is -2.30. The average molecular weight is 903 g/mol. The highest BCUT2D eigenvalue weighted by Crippen LogP contribution is 2.14. The maximum absolute atomic E-state index is 12.0. The summed E-state index contributed by atoms with van der Waals surface area (Å²) in [5.41, 5.74) is 0. The van der Waals surface area contributed by atoms with Crippen molar-refractivity contribution in [2.24, 2.45) is 0 Å². The Morgan fingerprint density at radius 1 is 0.387 bits per heavy atom. The Labute approximate surface area is 374 Å². The summed E-state index contributed by atoms with van der Waals surface area (Å²) >= 11 is 0. The van der Waals surface area contributed by atoms with E-state index in [0.717, 1.165) is 19.3 Å². The van der Waals surface area contributed by atoms with Crippen LogP contribution in [0.3, 0.4) is 0 Å². The maximum atomic E-state index is 12.0. The molecule has 0 aromatic heterocycles. The first kappa shape index (κ1) is 60.9. The minimum Gasteiger partial charge on any atom is -0.463 e. The topological polar surface area (TPSA) is 198 Å². The van der Waals surface area contributed by atoms with Gasteiger partial charge in [-0.05, 0) is 6.42 Å². The molecule has 17 heteroatoms. The largest absolute Gasteiger partial charge is 0.463 e. The number of hydrogen-bond acceptors (Lipinski definition) is 17. The van der Waals surface area contributed by atoms with Gasteiger partial charge in [0.15, 0.2) is 6.29 Å². The molecule has 0 spiro atoms. The van der Waals surface area contributed by atoms with Crippen LogP contribution in [0.1, 0.15) is 110 Å². The summed E-state index contributed by atoms with van der Waals surface area (Å²) in [5.74, 6) is -0.319. The van der Waals surface area contributed by atoms with Crippen LogP contribution >= 0.6 is 0 Å². The second kappa shape index (κ2) is 54.2. The highest BCUT2D eigenvalue weighted by Gasteiger charge is 2.14. The zero-order valence-electron chi connectivity index (χ0n) is 38.7. The zero-order valence-corrected chi connectivity index (χ0v) is 38.7. The normalized spacial score (nSPS) is 12.6. The van der Waals surface area contributed by atoms with Gasteiger partial charge in [-0.3, -0.25) is 4.79 Å². The van der Waals surface area contributed by atoms with Crippen LogP contribution in [-0.2, 0) is 66.4 Å². The quantitative estimate of drug-likeness (QED) is 0.0433. The summed E-state index contributed by atoms with van der Waals surface area (Å²) < 4.78 is 70.2. The van der Waals surface area contributed by atoms with Crippen molar-refractivity contribution >= 4 is 5.97 Å². The Kier molecular flexibility index (Phi) is 53.2. The van der Waals surface area contributed by atoms with Crippen molar-refractivity contribution in [3.8, 4) is 0 Å². The van der Waals surface area contributed by atoms with Crippen LogP contribution in [0, 0.1) is 0 Å². The summed E-state index contributed by atoms with van der Waals surface area (Å²) in [6, 6.07) is 0. The molecule has 0 amide bonds. The van der Waals surface area contributed by atoms with Crippen LogP contribution in [0.25, 0.3) is 0 Å². The molecule has 0 aliphatic carbocycles. The molecule has 0 bridgehead atoms. The van der Waals surface area contributed by atoms with Crippen molar-refractivity contribution in [1.82, 2.24) is 0 Å². The highest BCUT2D eigenvalue weighted by atomic mass is 16.7. The molecule has 2 unspecified atom stereocenters. The molecule has 0 heterocycles. The predicted octanol–water partition coefficient (Wildman–Crippen LogP) is 4.66. The van der Waals surface area contributed by atoms with Gasteiger partial charge in [-0.1, -0.05) is 96.8 Å². The third-order valence-corrected chi connectivity index (χ3v) is 9.16. The Morgan fingerprint density at radius 3 is 1.02 bits per heavy atom. The summed E-state index contributed by atoms with van der Waals surface area (Å²) in [7, 11) is 0. The Hall–Kier alpha value is -1.13. The number of rotatable bonds is 55. The molecule has 0 saturated heterocycles. The summed E-state index contributed by atoms with van der Waals surface area (Å²) in [6.07, 6.45) is 17.4. The van der Waals surface area contributed by atoms with Crippen LogP contribution in [0.15, 0.2) is 0 Å². The molecule has 17 nitrogen and oxygen atoms in total. The molecule has 0 rings (SSSR count). The van der Waals surface area contributed by atoms with E-state index in [1.165, 1.54) is 77.0 Å². The van der Waals surface area contributed by atoms with Crippen LogP contribution in [0.5, 0.6) is 0 Å². The van der Waals surface area contributed by atoms with Crippen LogP contribution in [0.4, 0.5) is 0 Å². The number of ether oxygens (including phenoxy) is 13. The molecule has 0 aromatic rings. The second-order valence-electron chi connectivity index (χ2n) is 14.7. The third kappa shape index (κ3) is 51.5. The van der Waals surface area contributed by atoms with Crippen molar-refractivity contribution in [2.45, 2.75) is 122 Å². The SMILES string of the molecule is CCCCCCCCCCCCCCCCCC(=O)OCC(O)COC(CO)OCCOCCOCCOCCOCCOCCOCCOCCOCCOCCOCCO. The van der Waals surface area contributed by atoms with E-state index in [1.54, 1.807) is 0 Å². The fourth-order valence-corrected chi connectivity index (χ4v) is 5.71. The minimum atomic E-state index is -1.01. The van der Waals surface area contributed by atoms with Crippen LogP contribution in [-0.4, -0.2) is 199 Å². The predicted molar refractivity (Wildman–Crippen MR) is 235 cm³/mol. The van der Waals surface area contributed by atoms with Gasteiger partial charge in [-0.15, -0.1) is 0 Å². The van der Waals surface area contributed by atoms with E-state index in [9.17, 15) is 15.0 Å². The number of aliphatic hydroxyl groups excluding tert-OH is 3. The van der Waals surface area contributed by atoms with Crippen molar-refractivity contribution in [3.05, 3.63) is 0 Å². The van der Waals surface area contributed by atoms with Gasteiger partial charge in [0, 0.05) is 6.42 Å². The minimum absolute atomic E-state index is 0.0160. The van der Waals surface area contributed by atoms with Gasteiger partial charge < -0.3 is 76.9 Å². The number of hydrogen-bond donors (Lipinski definition) is 3. The molecule has 62 heavy (non-hydrogen) atoms. The van der Waals surface area contributed by atoms with Gasteiger partial charge in [0.25, 0.3) is 0 Å². The first-order valence-corrected chi connectivity index (χ1v) is 23.7. The van der Waals surface area contributed by atoms with Crippen LogP contribution < -0.4 is 0 Å².